The summed E-state index contributed by atoms with van der Waals surface area (Å²) in [6.45, 7) is 0. The molecular formula is C11H14FNO2. The summed E-state index contributed by atoms with van der Waals surface area (Å²) in [7, 11) is 1.43. The van der Waals surface area contributed by atoms with E-state index in [2.05, 4.69) is 5.32 Å². The van der Waals surface area contributed by atoms with E-state index in [-0.39, 0.29) is 23.7 Å². The van der Waals surface area contributed by atoms with E-state index in [0.717, 1.165) is 18.5 Å². The van der Waals surface area contributed by atoms with Gasteiger partial charge in [-0.3, -0.25) is 0 Å². The average Bonchev–Trinajstić information content (AvgIpc) is 2.25. The molecule has 15 heavy (non-hydrogen) atoms. The van der Waals surface area contributed by atoms with Gasteiger partial charge in [0.05, 0.1) is 19.3 Å². The number of benzene rings is 1. The van der Waals surface area contributed by atoms with Crippen LogP contribution in [-0.2, 0) is 0 Å². The third-order valence-corrected chi connectivity index (χ3v) is 2.74. The molecule has 2 atom stereocenters. The molecule has 4 heteroatoms. The summed E-state index contributed by atoms with van der Waals surface area (Å²) in [6.07, 6.45) is 1.48. The molecule has 0 amide bonds. The Morgan fingerprint density at radius 3 is 2.80 bits per heavy atom. The summed E-state index contributed by atoms with van der Waals surface area (Å²) >= 11 is 0. The zero-order chi connectivity index (χ0) is 10.8. The number of aliphatic hydroxyl groups is 1. The molecule has 0 radical (unpaired) electrons. The molecule has 3 nitrogen and oxygen atoms in total. The van der Waals surface area contributed by atoms with Crippen LogP contribution in [0.1, 0.15) is 12.8 Å². The van der Waals surface area contributed by atoms with Gasteiger partial charge in [-0.15, -0.1) is 0 Å². The van der Waals surface area contributed by atoms with Crippen molar-refractivity contribution in [3.05, 3.63) is 24.0 Å². The van der Waals surface area contributed by atoms with Gasteiger partial charge in [0.25, 0.3) is 0 Å². The van der Waals surface area contributed by atoms with E-state index in [1.807, 2.05) is 0 Å². The molecule has 1 aliphatic rings. The highest BCUT2D eigenvalue weighted by molar-refractivity contribution is 5.50. The van der Waals surface area contributed by atoms with Gasteiger partial charge in [0.1, 0.15) is 0 Å². The van der Waals surface area contributed by atoms with Gasteiger partial charge in [-0.2, -0.15) is 0 Å². The van der Waals surface area contributed by atoms with Crippen LogP contribution in [0.4, 0.5) is 10.1 Å². The smallest absolute Gasteiger partial charge is 0.165 e. The first kappa shape index (κ1) is 10.2. The fraction of sp³-hybridized carbons (Fsp3) is 0.455. The van der Waals surface area contributed by atoms with Crippen LogP contribution in [0.5, 0.6) is 5.75 Å². The van der Waals surface area contributed by atoms with Crippen LogP contribution in [-0.4, -0.2) is 24.4 Å². The molecule has 0 heterocycles. The Hall–Kier alpha value is -1.29. The fourth-order valence-corrected chi connectivity index (χ4v) is 1.61. The highest BCUT2D eigenvalue weighted by atomic mass is 19.1. The van der Waals surface area contributed by atoms with Gasteiger partial charge >= 0.3 is 0 Å². The van der Waals surface area contributed by atoms with Gasteiger partial charge in [0, 0.05) is 11.8 Å². The number of nitrogens with one attached hydrogen (secondary N) is 1. The number of hydrogen-bond acceptors (Lipinski definition) is 3. The van der Waals surface area contributed by atoms with Crippen LogP contribution >= 0.6 is 0 Å². The molecule has 0 bridgehead atoms. The van der Waals surface area contributed by atoms with Gasteiger partial charge in [-0.05, 0) is 25.0 Å². The van der Waals surface area contributed by atoms with E-state index in [0.29, 0.717) is 0 Å². The summed E-state index contributed by atoms with van der Waals surface area (Å²) in [5, 5.41) is 12.5. The zero-order valence-corrected chi connectivity index (χ0v) is 8.53. The van der Waals surface area contributed by atoms with Crippen LogP contribution in [0, 0.1) is 5.82 Å². The molecule has 0 saturated heterocycles. The quantitative estimate of drug-likeness (QED) is 0.800. The van der Waals surface area contributed by atoms with Crippen molar-refractivity contribution >= 4 is 5.69 Å². The van der Waals surface area contributed by atoms with Gasteiger partial charge in [0.2, 0.25) is 0 Å². The summed E-state index contributed by atoms with van der Waals surface area (Å²) in [5.41, 5.74) is 0.775. The minimum atomic E-state index is -0.378. The van der Waals surface area contributed by atoms with E-state index < -0.39 is 0 Å². The zero-order valence-electron chi connectivity index (χ0n) is 8.53. The second-order valence-corrected chi connectivity index (χ2v) is 3.74. The summed E-state index contributed by atoms with van der Waals surface area (Å²) in [4.78, 5) is 0. The minimum Gasteiger partial charge on any atom is -0.494 e. The largest absolute Gasteiger partial charge is 0.494 e. The minimum absolute atomic E-state index is 0.0835. The molecule has 1 aliphatic carbocycles. The standard InChI is InChI=1S/C11H14FNO2/c1-15-11-6-7(2-3-8(11)12)13-9-4-5-10(9)14/h2-3,6,9-10,13-14H,4-5H2,1H3. The first-order chi connectivity index (χ1) is 7.20. The lowest BCUT2D eigenvalue weighted by atomic mass is 9.89. The van der Waals surface area contributed by atoms with Crippen molar-refractivity contribution in [2.45, 2.75) is 25.0 Å². The fourth-order valence-electron chi connectivity index (χ4n) is 1.61. The summed E-state index contributed by atoms with van der Waals surface area (Å²) < 4.78 is 17.9. The van der Waals surface area contributed by atoms with Crippen LogP contribution < -0.4 is 10.1 Å². The average molecular weight is 211 g/mol. The normalized spacial score (nSPS) is 24.5. The van der Waals surface area contributed by atoms with Crippen molar-refractivity contribution in [2.75, 3.05) is 12.4 Å². The van der Waals surface area contributed by atoms with E-state index in [1.165, 1.54) is 13.2 Å². The number of anilines is 1. The maximum Gasteiger partial charge on any atom is 0.165 e. The molecule has 1 aromatic rings. The summed E-state index contributed by atoms with van der Waals surface area (Å²) in [5.74, 6) is -0.161. The van der Waals surface area contributed by atoms with Crippen molar-refractivity contribution in [3.8, 4) is 5.75 Å². The van der Waals surface area contributed by atoms with E-state index >= 15 is 0 Å². The van der Waals surface area contributed by atoms with Gasteiger partial charge in [-0.25, -0.2) is 4.39 Å². The van der Waals surface area contributed by atoms with Crippen LogP contribution in [0.2, 0.25) is 0 Å². The molecule has 0 aromatic heterocycles. The number of hydrogen-bond donors (Lipinski definition) is 2. The summed E-state index contributed by atoms with van der Waals surface area (Å²) in [6, 6.07) is 4.68. The Morgan fingerprint density at radius 1 is 1.47 bits per heavy atom. The third-order valence-electron chi connectivity index (χ3n) is 2.74. The number of halogens is 1. The predicted octanol–water partition coefficient (Wildman–Crippen LogP) is 1.77. The van der Waals surface area contributed by atoms with E-state index in [9.17, 15) is 9.50 Å². The van der Waals surface area contributed by atoms with Crippen molar-refractivity contribution < 1.29 is 14.2 Å². The van der Waals surface area contributed by atoms with Crippen LogP contribution in [0.15, 0.2) is 18.2 Å². The van der Waals surface area contributed by atoms with Crippen molar-refractivity contribution in [1.82, 2.24) is 0 Å². The first-order valence-corrected chi connectivity index (χ1v) is 4.99. The maximum atomic E-state index is 13.1. The molecule has 2 rings (SSSR count). The predicted molar refractivity (Wildman–Crippen MR) is 55.6 cm³/mol. The van der Waals surface area contributed by atoms with E-state index in [4.69, 9.17) is 4.74 Å². The van der Waals surface area contributed by atoms with Gasteiger partial charge < -0.3 is 15.2 Å². The van der Waals surface area contributed by atoms with E-state index in [1.54, 1.807) is 12.1 Å². The SMILES string of the molecule is COc1cc(NC2CCC2O)ccc1F. The van der Waals surface area contributed by atoms with Crippen LogP contribution in [0.3, 0.4) is 0 Å². The molecule has 0 spiro atoms. The molecule has 2 N–H and O–H groups in total. The molecule has 2 unspecified atom stereocenters. The lowest BCUT2D eigenvalue weighted by Crippen LogP contribution is -2.42. The molecular weight excluding hydrogens is 197 g/mol. The third kappa shape index (κ3) is 2.04. The molecule has 1 saturated carbocycles. The van der Waals surface area contributed by atoms with Gasteiger partial charge in [0.15, 0.2) is 11.6 Å². The topological polar surface area (TPSA) is 41.5 Å². The molecule has 1 aromatic carbocycles. The number of aliphatic hydroxyl groups excluding tert-OH is 1. The number of rotatable bonds is 3. The Morgan fingerprint density at radius 2 is 2.27 bits per heavy atom. The first-order valence-electron chi connectivity index (χ1n) is 4.99. The molecule has 82 valence electrons. The second kappa shape index (κ2) is 4.06. The Balaban J connectivity index is 2.08. The lowest BCUT2D eigenvalue weighted by molar-refractivity contribution is 0.0786. The lowest BCUT2D eigenvalue weighted by Gasteiger charge is -2.33. The highest BCUT2D eigenvalue weighted by Crippen LogP contribution is 2.27. The van der Waals surface area contributed by atoms with Crippen LogP contribution in [0.25, 0.3) is 0 Å². The Labute approximate surface area is 87.9 Å². The van der Waals surface area contributed by atoms with Crippen molar-refractivity contribution in [1.29, 1.82) is 0 Å². The number of ether oxygens (including phenoxy) is 1. The second-order valence-electron chi connectivity index (χ2n) is 3.74. The Bertz CT molecular complexity index is 356. The molecule has 0 aliphatic heterocycles. The monoisotopic (exact) mass is 211 g/mol. The van der Waals surface area contributed by atoms with Crippen molar-refractivity contribution in [2.24, 2.45) is 0 Å². The van der Waals surface area contributed by atoms with Crippen molar-refractivity contribution in [3.63, 3.8) is 0 Å². The highest BCUT2D eigenvalue weighted by Gasteiger charge is 2.28. The molecule has 1 fully saturated rings. The maximum absolute atomic E-state index is 13.1. The Kier molecular flexibility index (Phi) is 2.77. The van der Waals surface area contributed by atoms with Gasteiger partial charge in [-0.1, -0.05) is 0 Å². The number of methoxy groups -OCH3 is 1.